The van der Waals surface area contributed by atoms with Crippen LogP contribution < -0.4 is 0 Å². The number of nitrogens with zero attached hydrogens (tertiary/aromatic N) is 2. The number of likely N-dealkylation sites (N-methyl/N-ethyl adjacent to an activating group) is 1. The molecule has 1 saturated heterocycles. The molecular weight excluding hydrogens is 365 g/mol. The van der Waals surface area contributed by atoms with Gasteiger partial charge >= 0.3 is 0 Å². The SMILES string of the molecule is CCN1CCN(C(=O)CC(c2cc(C)ccc2F)c2c[nH]c3ccccc23)CC1. The Hall–Kier alpha value is -2.66. The first-order valence-corrected chi connectivity index (χ1v) is 10.4. The van der Waals surface area contributed by atoms with E-state index >= 15 is 0 Å². The molecule has 5 heteroatoms. The molecular formula is C24H28FN3O. The summed E-state index contributed by atoms with van der Waals surface area (Å²) >= 11 is 0. The molecule has 0 bridgehead atoms. The van der Waals surface area contributed by atoms with Crippen LogP contribution in [-0.4, -0.2) is 53.4 Å². The Labute approximate surface area is 171 Å². The Morgan fingerprint density at radius 2 is 1.86 bits per heavy atom. The summed E-state index contributed by atoms with van der Waals surface area (Å²) in [4.78, 5) is 20.7. The summed E-state index contributed by atoms with van der Waals surface area (Å²) in [6.45, 7) is 8.39. The van der Waals surface area contributed by atoms with Crippen molar-refractivity contribution in [3.05, 3.63) is 71.2 Å². The van der Waals surface area contributed by atoms with Gasteiger partial charge in [-0.1, -0.05) is 42.8 Å². The smallest absolute Gasteiger partial charge is 0.223 e. The number of benzene rings is 2. The van der Waals surface area contributed by atoms with Crippen molar-refractivity contribution in [2.75, 3.05) is 32.7 Å². The molecule has 3 aromatic rings. The first-order valence-electron chi connectivity index (χ1n) is 10.4. The van der Waals surface area contributed by atoms with Crippen LogP contribution in [0.25, 0.3) is 10.9 Å². The van der Waals surface area contributed by atoms with Crippen molar-refractivity contribution in [1.29, 1.82) is 0 Å². The fourth-order valence-electron chi connectivity index (χ4n) is 4.32. The number of rotatable bonds is 5. The number of aromatic nitrogens is 1. The standard InChI is InChI=1S/C24H28FN3O/c1-3-27-10-12-28(13-11-27)24(29)15-19(20-14-17(2)8-9-22(20)25)21-16-26-23-7-5-4-6-18(21)23/h4-9,14,16,19,26H,3,10-13,15H2,1-2H3. The number of halogens is 1. The average Bonchev–Trinajstić information content (AvgIpc) is 3.18. The molecule has 1 aliphatic heterocycles. The van der Waals surface area contributed by atoms with Crippen LogP contribution in [0.5, 0.6) is 0 Å². The van der Waals surface area contributed by atoms with Gasteiger partial charge in [0.25, 0.3) is 0 Å². The predicted molar refractivity (Wildman–Crippen MR) is 115 cm³/mol. The number of hydrogen-bond donors (Lipinski definition) is 1. The number of piperazine rings is 1. The van der Waals surface area contributed by atoms with Crippen molar-refractivity contribution >= 4 is 16.8 Å². The highest BCUT2D eigenvalue weighted by Gasteiger charge is 2.28. The van der Waals surface area contributed by atoms with Crippen molar-refractivity contribution < 1.29 is 9.18 Å². The lowest BCUT2D eigenvalue weighted by Gasteiger charge is -2.35. The van der Waals surface area contributed by atoms with Gasteiger partial charge in [0.15, 0.2) is 0 Å². The van der Waals surface area contributed by atoms with Crippen LogP contribution in [0.15, 0.2) is 48.7 Å². The molecule has 1 fully saturated rings. The Balaban J connectivity index is 1.67. The molecule has 0 radical (unpaired) electrons. The Morgan fingerprint density at radius 1 is 1.10 bits per heavy atom. The van der Waals surface area contributed by atoms with Crippen molar-refractivity contribution in [3.8, 4) is 0 Å². The molecule has 4 nitrogen and oxygen atoms in total. The number of aryl methyl sites for hydroxylation is 1. The van der Waals surface area contributed by atoms with Crippen LogP contribution in [0.2, 0.25) is 0 Å². The minimum atomic E-state index is -0.317. The third-order valence-electron chi connectivity index (χ3n) is 6.07. The molecule has 2 heterocycles. The minimum Gasteiger partial charge on any atom is -0.361 e. The van der Waals surface area contributed by atoms with E-state index in [1.807, 2.05) is 48.4 Å². The molecule has 1 amide bonds. The second-order valence-electron chi connectivity index (χ2n) is 7.89. The van der Waals surface area contributed by atoms with Gasteiger partial charge in [-0.2, -0.15) is 0 Å². The topological polar surface area (TPSA) is 39.3 Å². The summed E-state index contributed by atoms with van der Waals surface area (Å²) in [5, 5.41) is 1.04. The zero-order valence-electron chi connectivity index (χ0n) is 17.1. The maximum atomic E-state index is 14.9. The lowest BCUT2D eigenvalue weighted by molar-refractivity contribution is -0.133. The summed E-state index contributed by atoms with van der Waals surface area (Å²) in [5.74, 6) is -0.478. The van der Waals surface area contributed by atoms with Gasteiger partial charge in [0, 0.05) is 55.6 Å². The highest BCUT2D eigenvalue weighted by Crippen LogP contribution is 2.35. The number of carbonyl (C=O) groups excluding carboxylic acids is 1. The average molecular weight is 394 g/mol. The van der Waals surface area contributed by atoms with Crippen LogP contribution in [0, 0.1) is 12.7 Å². The summed E-state index contributed by atoms with van der Waals surface area (Å²) in [6, 6.07) is 13.2. The Kier molecular flexibility index (Phi) is 5.67. The molecule has 1 aromatic heterocycles. The summed E-state index contributed by atoms with van der Waals surface area (Å²) in [5.41, 5.74) is 3.57. The quantitative estimate of drug-likeness (QED) is 0.702. The Morgan fingerprint density at radius 3 is 2.62 bits per heavy atom. The van der Waals surface area contributed by atoms with Crippen LogP contribution >= 0.6 is 0 Å². The number of H-pyrrole nitrogens is 1. The molecule has 1 unspecified atom stereocenters. The monoisotopic (exact) mass is 393 g/mol. The number of amides is 1. The number of fused-ring (bicyclic) bond motifs is 1. The van der Waals surface area contributed by atoms with Crippen molar-refractivity contribution in [2.45, 2.75) is 26.2 Å². The van der Waals surface area contributed by atoms with Gasteiger partial charge in [-0.15, -0.1) is 0 Å². The highest BCUT2D eigenvalue weighted by molar-refractivity contribution is 5.86. The van der Waals surface area contributed by atoms with Crippen LogP contribution in [0.4, 0.5) is 4.39 Å². The fourth-order valence-corrected chi connectivity index (χ4v) is 4.32. The Bertz CT molecular complexity index is 1000. The molecule has 1 aliphatic rings. The maximum Gasteiger partial charge on any atom is 0.223 e. The van der Waals surface area contributed by atoms with Gasteiger partial charge in [-0.05, 0) is 36.7 Å². The zero-order chi connectivity index (χ0) is 20.4. The van der Waals surface area contributed by atoms with E-state index in [1.165, 1.54) is 6.07 Å². The maximum absolute atomic E-state index is 14.9. The third-order valence-corrected chi connectivity index (χ3v) is 6.07. The van der Waals surface area contributed by atoms with E-state index in [4.69, 9.17) is 0 Å². The molecule has 152 valence electrons. The molecule has 0 spiro atoms. The molecule has 0 aliphatic carbocycles. The first-order chi connectivity index (χ1) is 14.1. The number of aromatic amines is 1. The van der Waals surface area contributed by atoms with Gasteiger partial charge in [0.2, 0.25) is 5.91 Å². The van der Waals surface area contributed by atoms with Gasteiger partial charge in [-0.3, -0.25) is 4.79 Å². The molecule has 2 aromatic carbocycles. The number of nitrogens with one attached hydrogen (secondary N) is 1. The third kappa shape index (κ3) is 4.06. The number of para-hydroxylation sites is 1. The summed E-state index contributed by atoms with van der Waals surface area (Å²) < 4.78 is 14.9. The number of hydrogen-bond acceptors (Lipinski definition) is 2. The lowest BCUT2D eigenvalue weighted by Crippen LogP contribution is -2.48. The van der Waals surface area contributed by atoms with Crippen molar-refractivity contribution in [2.24, 2.45) is 0 Å². The van der Waals surface area contributed by atoms with E-state index in [2.05, 4.69) is 16.8 Å². The van der Waals surface area contributed by atoms with E-state index < -0.39 is 0 Å². The molecule has 1 atom stereocenters. The summed E-state index contributed by atoms with van der Waals surface area (Å²) in [6.07, 6.45) is 2.20. The second-order valence-corrected chi connectivity index (χ2v) is 7.89. The van der Waals surface area contributed by atoms with Gasteiger partial charge < -0.3 is 14.8 Å². The minimum absolute atomic E-state index is 0.0944. The van der Waals surface area contributed by atoms with E-state index in [0.29, 0.717) is 5.56 Å². The lowest BCUT2D eigenvalue weighted by atomic mass is 9.86. The second kappa shape index (κ2) is 8.37. The molecule has 29 heavy (non-hydrogen) atoms. The largest absolute Gasteiger partial charge is 0.361 e. The first kappa shape index (κ1) is 19.6. The van der Waals surface area contributed by atoms with Gasteiger partial charge in [0.05, 0.1) is 0 Å². The fraction of sp³-hybridized carbons (Fsp3) is 0.375. The van der Waals surface area contributed by atoms with E-state index in [0.717, 1.165) is 54.8 Å². The molecule has 0 saturated carbocycles. The normalized spacial score (nSPS) is 16.3. The van der Waals surface area contributed by atoms with Crippen molar-refractivity contribution in [1.82, 2.24) is 14.8 Å². The van der Waals surface area contributed by atoms with E-state index in [1.54, 1.807) is 6.07 Å². The summed E-state index contributed by atoms with van der Waals surface area (Å²) in [7, 11) is 0. The predicted octanol–water partition coefficient (Wildman–Crippen LogP) is 4.30. The van der Waals surface area contributed by atoms with Crippen LogP contribution in [0.1, 0.15) is 36.0 Å². The van der Waals surface area contributed by atoms with Gasteiger partial charge in [-0.25, -0.2) is 4.39 Å². The van der Waals surface area contributed by atoms with Crippen LogP contribution in [-0.2, 0) is 4.79 Å². The van der Waals surface area contributed by atoms with Crippen LogP contribution in [0.3, 0.4) is 0 Å². The van der Waals surface area contributed by atoms with Gasteiger partial charge in [0.1, 0.15) is 5.82 Å². The highest BCUT2D eigenvalue weighted by atomic mass is 19.1. The van der Waals surface area contributed by atoms with Crippen molar-refractivity contribution in [3.63, 3.8) is 0 Å². The number of carbonyl (C=O) groups is 1. The zero-order valence-corrected chi connectivity index (χ0v) is 17.1. The van der Waals surface area contributed by atoms with E-state index in [-0.39, 0.29) is 24.1 Å². The van der Waals surface area contributed by atoms with E-state index in [9.17, 15) is 9.18 Å². The molecule has 4 rings (SSSR count). The molecule has 1 N–H and O–H groups in total.